The molecule has 0 saturated carbocycles. The predicted octanol–water partition coefficient (Wildman–Crippen LogP) is 2.41. The summed E-state index contributed by atoms with van der Waals surface area (Å²) < 4.78 is 0. The minimum atomic E-state index is -0.219. The molecular formula is C14H17ClN2O2. The number of nitrogens with zero attached hydrogens (tertiary/aromatic N) is 1. The van der Waals surface area contributed by atoms with E-state index in [1.54, 1.807) is 18.7 Å². The molecule has 5 heteroatoms. The van der Waals surface area contributed by atoms with Crippen LogP contribution in [-0.2, 0) is 16.0 Å². The second kappa shape index (κ2) is 5.61. The fourth-order valence-electron chi connectivity index (χ4n) is 2.14. The second-order valence-corrected chi connectivity index (χ2v) is 5.12. The molecular weight excluding hydrogens is 264 g/mol. The number of rotatable bonds is 3. The third-order valence-electron chi connectivity index (χ3n) is 3.30. The van der Waals surface area contributed by atoms with Crippen LogP contribution in [0.5, 0.6) is 0 Å². The summed E-state index contributed by atoms with van der Waals surface area (Å²) in [7, 11) is 0. The van der Waals surface area contributed by atoms with Crippen LogP contribution in [0.2, 0.25) is 0 Å². The summed E-state index contributed by atoms with van der Waals surface area (Å²) in [5.74, 6) is 0.0424. The van der Waals surface area contributed by atoms with E-state index < -0.39 is 0 Å². The van der Waals surface area contributed by atoms with Crippen LogP contribution in [0.3, 0.4) is 0 Å². The Kier molecular flexibility index (Phi) is 4.10. The zero-order valence-electron chi connectivity index (χ0n) is 11.1. The summed E-state index contributed by atoms with van der Waals surface area (Å²) in [6.45, 7) is 4.06. The first-order chi connectivity index (χ1) is 9.02. The summed E-state index contributed by atoms with van der Waals surface area (Å²) in [6.07, 6.45) is 0.823. The van der Waals surface area contributed by atoms with Crippen molar-refractivity contribution in [2.75, 3.05) is 22.6 Å². The average Bonchev–Trinajstić information content (AvgIpc) is 2.80. The fourth-order valence-corrected chi connectivity index (χ4v) is 2.28. The molecule has 1 unspecified atom stereocenters. The van der Waals surface area contributed by atoms with Gasteiger partial charge in [-0.25, -0.2) is 0 Å². The molecule has 0 spiro atoms. The smallest absolute Gasteiger partial charge is 0.228 e. The van der Waals surface area contributed by atoms with Crippen molar-refractivity contribution in [3.05, 3.63) is 23.8 Å². The number of alkyl halides is 1. The predicted molar refractivity (Wildman–Crippen MR) is 76.7 cm³/mol. The van der Waals surface area contributed by atoms with E-state index >= 15 is 0 Å². The highest BCUT2D eigenvalue weighted by Gasteiger charge is 2.22. The van der Waals surface area contributed by atoms with Gasteiger partial charge in [0.05, 0.1) is 0 Å². The normalized spacial score (nSPS) is 15.0. The molecule has 0 radical (unpaired) electrons. The highest BCUT2D eigenvalue weighted by Crippen LogP contribution is 2.30. The molecule has 2 amide bonds. The number of nitrogens with one attached hydrogen (secondary N) is 1. The molecule has 0 fully saturated rings. The minimum absolute atomic E-state index is 0.0475. The zero-order chi connectivity index (χ0) is 14.0. The van der Waals surface area contributed by atoms with Crippen LogP contribution in [0.4, 0.5) is 11.4 Å². The Morgan fingerprint density at radius 2 is 2.21 bits per heavy atom. The Balaban J connectivity index is 2.15. The SMILES string of the molecule is CC(=O)N1CCc2cc(NC(=O)C(C)CCl)ccc21. The van der Waals surface area contributed by atoms with E-state index in [0.717, 1.165) is 23.4 Å². The van der Waals surface area contributed by atoms with Crippen molar-refractivity contribution in [2.45, 2.75) is 20.3 Å². The van der Waals surface area contributed by atoms with Gasteiger partial charge in [-0.2, -0.15) is 0 Å². The van der Waals surface area contributed by atoms with E-state index in [0.29, 0.717) is 12.4 Å². The van der Waals surface area contributed by atoms with Gasteiger partial charge >= 0.3 is 0 Å². The Labute approximate surface area is 117 Å². The van der Waals surface area contributed by atoms with Gasteiger partial charge in [-0.15, -0.1) is 11.6 Å². The lowest BCUT2D eigenvalue weighted by Crippen LogP contribution is -2.25. The molecule has 1 aromatic rings. The van der Waals surface area contributed by atoms with Gasteiger partial charge in [0.1, 0.15) is 0 Å². The number of hydrogen-bond acceptors (Lipinski definition) is 2. The summed E-state index contributed by atoms with van der Waals surface area (Å²) in [5.41, 5.74) is 2.79. The quantitative estimate of drug-likeness (QED) is 0.865. The van der Waals surface area contributed by atoms with Gasteiger partial charge in [-0.3, -0.25) is 9.59 Å². The van der Waals surface area contributed by atoms with Crippen molar-refractivity contribution in [3.8, 4) is 0 Å². The minimum Gasteiger partial charge on any atom is -0.326 e. The Morgan fingerprint density at radius 3 is 2.84 bits per heavy atom. The van der Waals surface area contributed by atoms with Crippen LogP contribution in [0.15, 0.2) is 18.2 Å². The van der Waals surface area contributed by atoms with Crippen LogP contribution in [0, 0.1) is 5.92 Å². The van der Waals surface area contributed by atoms with Gasteiger partial charge in [-0.1, -0.05) is 6.92 Å². The topological polar surface area (TPSA) is 49.4 Å². The van der Waals surface area contributed by atoms with Crippen LogP contribution < -0.4 is 10.2 Å². The second-order valence-electron chi connectivity index (χ2n) is 4.81. The van der Waals surface area contributed by atoms with E-state index in [1.807, 2.05) is 18.2 Å². The van der Waals surface area contributed by atoms with Crippen molar-refractivity contribution in [2.24, 2.45) is 5.92 Å². The van der Waals surface area contributed by atoms with Gasteiger partial charge in [-0.05, 0) is 30.2 Å². The highest BCUT2D eigenvalue weighted by atomic mass is 35.5. The number of anilines is 2. The molecule has 1 aliphatic rings. The molecule has 0 aliphatic carbocycles. The summed E-state index contributed by atoms with van der Waals surface area (Å²) in [6, 6.07) is 5.63. The summed E-state index contributed by atoms with van der Waals surface area (Å²) in [5, 5.41) is 2.84. The van der Waals surface area contributed by atoms with Crippen molar-refractivity contribution in [1.29, 1.82) is 0 Å². The number of carbonyl (C=O) groups is 2. The molecule has 4 nitrogen and oxygen atoms in total. The number of amides is 2. The van der Waals surface area contributed by atoms with Crippen LogP contribution in [0.1, 0.15) is 19.4 Å². The van der Waals surface area contributed by atoms with Crippen LogP contribution in [0.25, 0.3) is 0 Å². The average molecular weight is 281 g/mol. The Morgan fingerprint density at radius 1 is 1.47 bits per heavy atom. The molecule has 1 aliphatic heterocycles. The standard InChI is InChI=1S/C14H17ClN2O2/c1-9(8-15)14(19)16-12-3-4-13-11(7-12)5-6-17(13)10(2)18/h3-4,7,9H,5-6,8H2,1-2H3,(H,16,19). The van der Waals surface area contributed by atoms with Crippen molar-refractivity contribution in [1.82, 2.24) is 0 Å². The molecule has 1 N–H and O–H groups in total. The zero-order valence-corrected chi connectivity index (χ0v) is 11.8. The van der Waals surface area contributed by atoms with Crippen LogP contribution in [-0.4, -0.2) is 24.2 Å². The van der Waals surface area contributed by atoms with E-state index in [9.17, 15) is 9.59 Å². The van der Waals surface area contributed by atoms with Gasteiger partial charge in [0, 0.05) is 36.6 Å². The molecule has 0 saturated heterocycles. The number of fused-ring (bicyclic) bond motifs is 1. The van der Waals surface area contributed by atoms with Gasteiger partial charge in [0.2, 0.25) is 11.8 Å². The van der Waals surface area contributed by atoms with E-state index in [1.165, 1.54) is 0 Å². The van der Waals surface area contributed by atoms with Gasteiger partial charge in [0.15, 0.2) is 0 Å². The van der Waals surface area contributed by atoms with Gasteiger partial charge in [0.25, 0.3) is 0 Å². The summed E-state index contributed by atoms with van der Waals surface area (Å²) >= 11 is 5.66. The Bertz CT molecular complexity index is 516. The monoisotopic (exact) mass is 280 g/mol. The lowest BCUT2D eigenvalue weighted by atomic mass is 10.1. The van der Waals surface area contributed by atoms with Crippen molar-refractivity contribution >= 4 is 34.8 Å². The first kappa shape index (κ1) is 13.9. The van der Waals surface area contributed by atoms with E-state index in [-0.39, 0.29) is 17.7 Å². The molecule has 1 atom stereocenters. The number of carbonyl (C=O) groups excluding carboxylic acids is 2. The maximum Gasteiger partial charge on any atom is 0.228 e. The van der Waals surface area contributed by atoms with E-state index in [2.05, 4.69) is 5.32 Å². The maximum absolute atomic E-state index is 11.8. The highest BCUT2D eigenvalue weighted by molar-refractivity contribution is 6.19. The third-order valence-corrected chi connectivity index (χ3v) is 3.76. The third kappa shape index (κ3) is 2.89. The Hall–Kier alpha value is -1.55. The number of benzene rings is 1. The lowest BCUT2D eigenvalue weighted by Gasteiger charge is -2.15. The lowest BCUT2D eigenvalue weighted by molar-refractivity contribution is -0.119. The summed E-state index contributed by atoms with van der Waals surface area (Å²) in [4.78, 5) is 24.9. The van der Waals surface area contributed by atoms with Crippen LogP contribution >= 0.6 is 11.6 Å². The number of hydrogen-bond donors (Lipinski definition) is 1. The van der Waals surface area contributed by atoms with Crippen molar-refractivity contribution in [3.63, 3.8) is 0 Å². The molecule has 0 bridgehead atoms. The molecule has 1 heterocycles. The largest absolute Gasteiger partial charge is 0.326 e. The fraction of sp³-hybridized carbons (Fsp3) is 0.429. The van der Waals surface area contributed by atoms with E-state index in [4.69, 9.17) is 11.6 Å². The molecule has 19 heavy (non-hydrogen) atoms. The molecule has 0 aromatic heterocycles. The first-order valence-electron chi connectivity index (χ1n) is 6.30. The first-order valence-corrected chi connectivity index (χ1v) is 6.84. The molecule has 102 valence electrons. The molecule has 2 rings (SSSR count). The van der Waals surface area contributed by atoms with Crippen molar-refractivity contribution < 1.29 is 9.59 Å². The van der Waals surface area contributed by atoms with Gasteiger partial charge < -0.3 is 10.2 Å². The maximum atomic E-state index is 11.8. The molecule has 1 aromatic carbocycles. The number of halogens is 1.